The summed E-state index contributed by atoms with van der Waals surface area (Å²) in [6.07, 6.45) is 6.19. The number of nitrogens with two attached hydrogens (primary N) is 1. The molecule has 2 aromatic heterocycles. The Kier molecular flexibility index (Phi) is 4.20. The van der Waals surface area contributed by atoms with Crippen LogP contribution in [0, 0.1) is 0 Å². The van der Waals surface area contributed by atoms with E-state index in [1.807, 2.05) is 24.3 Å². The van der Waals surface area contributed by atoms with Crippen LogP contribution in [0.2, 0.25) is 0 Å². The SMILES string of the molecule is NC(=S)c1cccnc1NCCc1ccncc1. The average molecular weight is 258 g/mol. The molecule has 2 heterocycles. The predicted octanol–water partition coefficient (Wildman–Crippen LogP) is 1.77. The molecule has 92 valence electrons. The lowest BCUT2D eigenvalue weighted by molar-refractivity contribution is 0.999. The molecule has 4 nitrogen and oxygen atoms in total. The molecule has 0 saturated carbocycles. The molecule has 3 N–H and O–H groups in total. The maximum absolute atomic E-state index is 5.64. The number of hydrogen-bond donors (Lipinski definition) is 2. The topological polar surface area (TPSA) is 63.8 Å². The van der Waals surface area contributed by atoms with Crippen LogP contribution in [0.1, 0.15) is 11.1 Å². The summed E-state index contributed by atoms with van der Waals surface area (Å²) < 4.78 is 0. The first kappa shape index (κ1) is 12.4. The quantitative estimate of drug-likeness (QED) is 0.800. The molecular weight excluding hydrogens is 244 g/mol. The third-order valence-corrected chi connectivity index (χ3v) is 2.75. The first-order chi connectivity index (χ1) is 8.77. The van der Waals surface area contributed by atoms with Gasteiger partial charge in [0.2, 0.25) is 0 Å². The normalized spacial score (nSPS) is 10.0. The Bertz CT molecular complexity index is 528. The van der Waals surface area contributed by atoms with Gasteiger partial charge in [-0.05, 0) is 36.2 Å². The van der Waals surface area contributed by atoms with Gasteiger partial charge in [-0.15, -0.1) is 0 Å². The molecule has 18 heavy (non-hydrogen) atoms. The van der Waals surface area contributed by atoms with E-state index in [0.29, 0.717) is 4.99 Å². The molecule has 0 aromatic carbocycles. The minimum Gasteiger partial charge on any atom is -0.389 e. The second-order valence-corrected chi connectivity index (χ2v) is 4.24. The molecule has 0 unspecified atom stereocenters. The second-order valence-electron chi connectivity index (χ2n) is 3.80. The van der Waals surface area contributed by atoms with Crippen molar-refractivity contribution >= 4 is 23.0 Å². The number of thiocarbonyl (C=S) groups is 1. The number of rotatable bonds is 5. The average Bonchev–Trinajstić information content (AvgIpc) is 2.40. The van der Waals surface area contributed by atoms with Crippen LogP contribution >= 0.6 is 12.2 Å². The number of anilines is 1. The van der Waals surface area contributed by atoms with Crippen LogP contribution in [0.3, 0.4) is 0 Å². The highest BCUT2D eigenvalue weighted by Crippen LogP contribution is 2.11. The maximum Gasteiger partial charge on any atom is 0.136 e. The fourth-order valence-corrected chi connectivity index (χ4v) is 1.78. The van der Waals surface area contributed by atoms with Gasteiger partial charge in [-0.3, -0.25) is 4.98 Å². The highest BCUT2D eigenvalue weighted by Gasteiger charge is 2.04. The van der Waals surface area contributed by atoms with Crippen molar-refractivity contribution in [3.8, 4) is 0 Å². The van der Waals surface area contributed by atoms with E-state index >= 15 is 0 Å². The summed E-state index contributed by atoms with van der Waals surface area (Å²) in [4.78, 5) is 8.58. The first-order valence-electron chi connectivity index (χ1n) is 5.65. The van der Waals surface area contributed by atoms with E-state index in [0.717, 1.165) is 24.3 Å². The van der Waals surface area contributed by atoms with E-state index in [4.69, 9.17) is 18.0 Å². The Balaban J connectivity index is 1.97. The van der Waals surface area contributed by atoms with Gasteiger partial charge >= 0.3 is 0 Å². The van der Waals surface area contributed by atoms with Gasteiger partial charge in [0, 0.05) is 25.1 Å². The van der Waals surface area contributed by atoms with E-state index in [1.54, 1.807) is 18.6 Å². The second kappa shape index (κ2) is 6.07. The summed E-state index contributed by atoms with van der Waals surface area (Å²) in [6.45, 7) is 0.774. The lowest BCUT2D eigenvalue weighted by Gasteiger charge is -2.09. The fourth-order valence-electron chi connectivity index (χ4n) is 1.62. The zero-order chi connectivity index (χ0) is 12.8. The van der Waals surface area contributed by atoms with Crippen LogP contribution in [-0.4, -0.2) is 21.5 Å². The summed E-state index contributed by atoms with van der Waals surface area (Å²) in [5, 5.41) is 3.24. The summed E-state index contributed by atoms with van der Waals surface area (Å²) in [6, 6.07) is 7.68. The molecule has 0 aliphatic heterocycles. The van der Waals surface area contributed by atoms with Crippen molar-refractivity contribution < 1.29 is 0 Å². The molecule has 0 radical (unpaired) electrons. The van der Waals surface area contributed by atoms with Gasteiger partial charge in [0.1, 0.15) is 10.8 Å². The van der Waals surface area contributed by atoms with Crippen LogP contribution in [-0.2, 0) is 6.42 Å². The third-order valence-electron chi connectivity index (χ3n) is 2.53. The number of nitrogens with zero attached hydrogens (tertiary/aromatic N) is 2. The Morgan fingerprint density at radius 1 is 1.22 bits per heavy atom. The van der Waals surface area contributed by atoms with E-state index in [1.165, 1.54) is 5.56 Å². The minimum absolute atomic E-state index is 0.356. The van der Waals surface area contributed by atoms with Crippen LogP contribution in [0.5, 0.6) is 0 Å². The van der Waals surface area contributed by atoms with Crippen molar-refractivity contribution in [2.45, 2.75) is 6.42 Å². The monoisotopic (exact) mass is 258 g/mol. The summed E-state index contributed by atoms with van der Waals surface area (Å²) >= 11 is 4.98. The maximum atomic E-state index is 5.64. The van der Waals surface area contributed by atoms with Crippen molar-refractivity contribution in [3.63, 3.8) is 0 Å². The molecule has 0 spiro atoms. The summed E-state index contributed by atoms with van der Waals surface area (Å²) in [5.41, 5.74) is 7.65. The molecule has 0 atom stereocenters. The molecule has 2 rings (SSSR count). The molecule has 5 heteroatoms. The highest BCUT2D eigenvalue weighted by molar-refractivity contribution is 7.80. The first-order valence-corrected chi connectivity index (χ1v) is 6.06. The van der Waals surface area contributed by atoms with Gasteiger partial charge < -0.3 is 11.1 Å². The van der Waals surface area contributed by atoms with Crippen molar-refractivity contribution in [1.82, 2.24) is 9.97 Å². The lowest BCUT2D eigenvalue weighted by atomic mass is 10.2. The summed E-state index contributed by atoms with van der Waals surface area (Å²) in [7, 11) is 0. The largest absolute Gasteiger partial charge is 0.389 e. The zero-order valence-electron chi connectivity index (χ0n) is 9.84. The molecule has 0 bridgehead atoms. The number of nitrogens with one attached hydrogen (secondary N) is 1. The highest BCUT2D eigenvalue weighted by atomic mass is 32.1. The molecule has 0 fully saturated rings. The van der Waals surface area contributed by atoms with Gasteiger partial charge in [-0.2, -0.15) is 0 Å². The Hall–Kier alpha value is -2.01. The van der Waals surface area contributed by atoms with Crippen molar-refractivity contribution in [1.29, 1.82) is 0 Å². The third kappa shape index (κ3) is 3.24. The lowest BCUT2D eigenvalue weighted by Crippen LogP contribution is -2.15. The van der Waals surface area contributed by atoms with E-state index in [-0.39, 0.29) is 0 Å². The fraction of sp³-hybridized carbons (Fsp3) is 0.154. The van der Waals surface area contributed by atoms with Crippen molar-refractivity contribution in [3.05, 3.63) is 54.0 Å². The standard InChI is InChI=1S/C13H14N4S/c14-12(18)11-2-1-6-16-13(11)17-9-5-10-3-7-15-8-4-10/h1-4,6-8H,5,9H2,(H2,14,18)(H,16,17). The molecule has 0 aliphatic rings. The van der Waals surface area contributed by atoms with E-state index in [9.17, 15) is 0 Å². The molecular formula is C13H14N4S. The van der Waals surface area contributed by atoms with Gasteiger partial charge in [0.05, 0.1) is 5.56 Å². The van der Waals surface area contributed by atoms with Crippen LogP contribution in [0.15, 0.2) is 42.9 Å². The van der Waals surface area contributed by atoms with Crippen molar-refractivity contribution in [2.24, 2.45) is 5.73 Å². The number of aromatic nitrogens is 2. The smallest absolute Gasteiger partial charge is 0.136 e. The van der Waals surface area contributed by atoms with Crippen LogP contribution < -0.4 is 11.1 Å². The van der Waals surface area contributed by atoms with Crippen molar-refractivity contribution in [2.75, 3.05) is 11.9 Å². The molecule has 0 amide bonds. The molecule has 2 aromatic rings. The molecule has 0 saturated heterocycles. The van der Waals surface area contributed by atoms with Gasteiger partial charge in [-0.1, -0.05) is 12.2 Å². The van der Waals surface area contributed by atoms with E-state index in [2.05, 4.69) is 15.3 Å². The minimum atomic E-state index is 0.356. The van der Waals surface area contributed by atoms with E-state index < -0.39 is 0 Å². The summed E-state index contributed by atoms with van der Waals surface area (Å²) in [5.74, 6) is 0.735. The van der Waals surface area contributed by atoms with Crippen LogP contribution in [0.25, 0.3) is 0 Å². The van der Waals surface area contributed by atoms with Gasteiger partial charge in [-0.25, -0.2) is 4.98 Å². The Labute approximate surface area is 111 Å². The Morgan fingerprint density at radius 2 is 2.00 bits per heavy atom. The number of pyridine rings is 2. The Morgan fingerprint density at radius 3 is 2.72 bits per heavy atom. The van der Waals surface area contributed by atoms with Crippen LogP contribution in [0.4, 0.5) is 5.82 Å². The molecule has 0 aliphatic carbocycles. The predicted molar refractivity (Wildman–Crippen MR) is 76.6 cm³/mol. The van der Waals surface area contributed by atoms with Gasteiger partial charge in [0.25, 0.3) is 0 Å². The zero-order valence-corrected chi connectivity index (χ0v) is 10.7. The van der Waals surface area contributed by atoms with Gasteiger partial charge in [0.15, 0.2) is 0 Å². The number of hydrogen-bond acceptors (Lipinski definition) is 4.